The van der Waals surface area contributed by atoms with Crippen LogP contribution in [0.3, 0.4) is 0 Å². The van der Waals surface area contributed by atoms with Gasteiger partial charge in [-0.1, -0.05) is 30.3 Å². The number of hydrazone groups is 1. The third kappa shape index (κ3) is 3.50. The Balaban J connectivity index is 1.48. The van der Waals surface area contributed by atoms with Crippen molar-refractivity contribution in [2.75, 3.05) is 0 Å². The van der Waals surface area contributed by atoms with E-state index in [9.17, 15) is 4.79 Å². The van der Waals surface area contributed by atoms with Crippen molar-refractivity contribution < 1.29 is 4.79 Å². The molecular weight excluding hydrogens is 350 g/mol. The minimum absolute atomic E-state index is 0.233. The normalized spacial score (nSPS) is 11.2. The highest BCUT2D eigenvalue weighted by Gasteiger charge is 2.08. The average molecular weight is 363 g/mol. The Morgan fingerprint density at radius 3 is 2.64 bits per heavy atom. The van der Waals surface area contributed by atoms with Crippen LogP contribution < -0.4 is 5.43 Å². The van der Waals surface area contributed by atoms with Crippen molar-refractivity contribution in [2.45, 2.75) is 0 Å². The van der Waals surface area contributed by atoms with Gasteiger partial charge in [-0.05, 0) is 35.7 Å². The number of rotatable bonds is 4. The van der Waals surface area contributed by atoms with Crippen LogP contribution >= 0.6 is 22.7 Å². The minimum Gasteiger partial charge on any atom is -0.267 e. The summed E-state index contributed by atoms with van der Waals surface area (Å²) in [5.74, 6) is -0.233. The van der Waals surface area contributed by atoms with Gasteiger partial charge >= 0.3 is 0 Å². The highest BCUT2D eigenvalue weighted by molar-refractivity contribution is 7.21. The van der Waals surface area contributed by atoms with Crippen molar-refractivity contribution in [2.24, 2.45) is 5.10 Å². The van der Waals surface area contributed by atoms with E-state index in [1.54, 1.807) is 41.0 Å². The number of fused-ring (bicyclic) bond motifs is 1. The summed E-state index contributed by atoms with van der Waals surface area (Å²) in [7, 11) is 0. The molecule has 0 spiro atoms. The van der Waals surface area contributed by atoms with E-state index in [4.69, 9.17) is 0 Å². The van der Waals surface area contributed by atoms with Crippen LogP contribution in [0.2, 0.25) is 0 Å². The maximum Gasteiger partial charge on any atom is 0.271 e. The maximum absolute atomic E-state index is 12.1. The topological polar surface area (TPSA) is 54.4 Å². The summed E-state index contributed by atoms with van der Waals surface area (Å²) in [6.07, 6.45) is 1.64. The van der Waals surface area contributed by atoms with Crippen molar-refractivity contribution in [3.05, 3.63) is 76.5 Å². The summed E-state index contributed by atoms with van der Waals surface area (Å²) in [6.45, 7) is 0. The number of nitrogens with zero attached hydrogens (tertiary/aromatic N) is 2. The Morgan fingerprint density at radius 2 is 1.88 bits per heavy atom. The number of carbonyl (C=O) groups is 1. The van der Waals surface area contributed by atoms with E-state index in [0.717, 1.165) is 25.7 Å². The quantitative estimate of drug-likeness (QED) is 0.419. The van der Waals surface area contributed by atoms with Crippen LogP contribution in [0.1, 0.15) is 15.2 Å². The molecule has 1 N–H and O–H groups in total. The first-order valence-corrected chi connectivity index (χ1v) is 9.32. The van der Waals surface area contributed by atoms with Crippen molar-refractivity contribution in [3.63, 3.8) is 0 Å². The Bertz CT molecular complexity index is 1000. The second kappa shape index (κ2) is 6.96. The number of thiophene rings is 1. The minimum atomic E-state index is -0.233. The van der Waals surface area contributed by atoms with Gasteiger partial charge in [0.05, 0.1) is 16.4 Å². The van der Waals surface area contributed by atoms with Crippen LogP contribution in [-0.2, 0) is 0 Å². The molecule has 0 radical (unpaired) electrons. The van der Waals surface area contributed by atoms with Gasteiger partial charge < -0.3 is 0 Å². The number of aromatic nitrogens is 1. The fourth-order valence-electron chi connectivity index (χ4n) is 2.34. The molecule has 0 saturated heterocycles. The van der Waals surface area contributed by atoms with Crippen molar-refractivity contribution in [3.8, 4) is 10.6 Å². The predicted octanol–water partition coefficient (Wildman–Crippen LogP) is 4.79. The summed E-state index contributed by atoms with van der Waals surface area (Å²) in [6, 6.07) is 19.3. The molecule has 0 aliphatic carbocycles. The van der Waals surface area contributed by atoms with Crippen LogP contribution in [0.4, 0.5) is 0 Å². The summed E-state index contributed by atoms with van der Waals surface area (Å²) in [5, 5.41) is 6.89. The summed E-state index contributed by atoms with van der Waals surface area (Å²) >= 11 is 3.21. The van der Waals surface area contributed by atoms with Crippen LogP contribution in [-0.4, -0.2) is 17.1 Å². The molecular formula is C19H13N3OS2. The lowest BCUT2D eigenvalue weighted by Crippen LogP contribution is -2.17. The van der Waals surface area contributed by atoms with Gasteiger partial charge in [0.1, 0.15) is 5.01 Å². The standard InChI is InChI=1S/C19H13N3OS2/c23-18(22-20-12-15-4-3-11-24-15)13-7-9-14(10-8-13)19-21-16-5-1-2-6-17(16)25-19/h1-12H,(H,22,23)/b20-12+. The number of thiazole rings is 1. The Hall–Kier alpha value is -2.83. The largest absolute Gasteiger partial charge is 0.271 e. The molecule has 6 heteroatoms. The zero-order chi connectivity index (χ0) is 17.1. The van der Waals surface area contributed by atoms with Crippen LogP contribution in [0.5, 0.6) is 0 Å². The number of carbonyl (C=O) groups excluding carboxylic acids is 1. The fourth-order valence-corrected chi connectivity index (χ4v) is 3.90. The molecule has 0 fully saturated rings. The van der Waals surface area contributed by atoms with Gasteiger partial charge in [-0.3, -0.25) is 4.79 Å². The molecule has 25 heavy (non-hydrogen) atoms. The molecule has 4 nitrogen and oxygen atoms in total. The highest BCUT2D eigenvalue weighted by atomic mass is 32.1. The number of benzene rings is 2. The van der Waals surface area contributed by atoms with Gasteiger partial charge in [0, 0.05) is 16.0 Å². The number of nitrogens with one attached hydrogen (secondary N) is 1. The molecule has 0 unspecified atom stereocenters. The van der Waals surface area contributed by atoms with Crippen molar-refractivity contribution in [1.82, 2.24) is 10.4 Å². The third-order valence-corrected chi connectivity index (χ3v) is 5.48. The van der Waals surface area contributed by atoms with Crippen LogP contribution in [0.15, 0.2) is 71.1 Å². The molecule has 0 aliphatic rings. The van der Waals surface area contributed by atoms with Crippen LogP contribution in [0, 0.1) is 0 Å². The molecule has 2 heterocycles. The zero-order valence-electron chi connectivity index (χ0n) is 13.0. The molecule has 4 rings (SSSR count). The zero-order valence-corrected chi connectivity index (χ0v) is 14.7. The van der Waals surface area contributed by atoms with E-state index in [1.807, 2.05) is 47.8 Å². The SMILES string of the molecule is O=C(N/N=C/c1cccs1)c1ccc(-c2nc3ccccc3s2)cc1. The van der Waals surface area contributed by atoms with Crippen LogP contribution in [0.25, 0.3) is 20.8 Å². The van der Waals surface area contributed by atoms with E-state index in [2.05, 4.69) is 21.6 Å². The van der Waals surface area contributed by atoms with Crippen molar-refractivity contribution in [1.29, 1.82) is 0 Å². The maximum atomic E-state index is 12.1. The molecule has 0 saturated carbocycles. The summed E-state index contributed by atoms with van der Waals surface area (Å²) < 4.78 is 1.15. The number of hydrogen-bond acceptors (Lipinski definition) is 5. The summed E-state index contributed by atoms with van der Waals surface area (Å²) in [5.41, 5.74) is 5.10. The number of para-hydroxylation sites is 1. The smallest absolute Gasteiger partial charge is 0.267 e. The monoisotopic (exact) mass is 363 g/mol. The van der Waals surface area contributed by atoms with Gasteiger partial charge in [-0.2, -0.15) is 5.10 Å². The summed E-state index contributed by atoms with van der Waals surface area (Å²) in [4.78, 5) is 17.8. The third-order valence-electron chi connectivity index (χ3n) is 3.59. The Kier molecular flexibility index (Phi) is 4.37. The second-order valence-electron chi connectivity index (χ2n) is 5.28. The highest BCUT2D eigenvalue weighted by Crippen LogP contribution is 2.29. The van der Waals surface area contributed by atoms with Gasteiger partial charge in [0.15, 0.2) is 0 Å². The fraction of sp³-hybridized carbons (Fsp3) is 0. The molecule has 2 aromatic carbocycles. The Morgan fingerprint density at radius 1 is 1.04 bits per heavy atom. The van der Waals surface area contributed by atoms with E-state index >= 15 is 0 Å². The first kappa shape index (κ1) is 15.7. The lowest BCUT2D eigenvalue weighted by molar-refractivity contribution is 0.0955. The van der Waals surface area contributed by atoms with E-state index < -0.39 is 0 Å². The predicted molar refractivity (Wildman–Crippen MR) is 104 cm³/mol. The molecule has 0 atom stereocenters. The molecule has 0 bridgehead atoms. The van der Waals surface area contributed by atoms with Crippen molar-refractivity contribution >= 4 is 45.0 Å². The van der Waals surface area contributed by atoms with Gasteiger partial charge in [0.2, 0.25) is 0 Å². The van der Waals surface area contributed by atoms with Gasteiger partial charge in [-0.15, -0.1) is 22.7 Å². The van der Waals surface area contributed by atoms with E-state index in [0.29, 0.717) is 5.56 Å². The lowest BCUT2D eigenvalue weighted by Gasteiger charge is -2.01. The van der Waals surface area contributed by atoms with Gasteiger partial charge in [-0.25, -0.2) is 10.4 Å². The van der Waals surface area contributed by atoms with Gasteiger partial charge in [0.25, 0.3) is 5.91 Å². The molecule has 1 amide bonds. The molecule has 2 aromatic heterocycles. The molecule has 122 valence electrons. The first-order valence-electron chi connectivity index (χ1n) is 7.62. The second-order valence-corrected chi connectivity index (χ2v) is 7.29. The molecule has 4 aromatic rings. The average Bonchev–Trinajstić information content (AvgIpc) is 3.31. The lowest BCUT2D eigenvalue weighted by atomic mass is 10.1. The number of amides is 1. The molecule has 0 aliphatic heterocycles. The first-order chi connectivity index (χ1) is 12.3. The Labute approximate surface area is 152 Å². The van der Waals surface area contributed by atoms with E-state index in [1.165, 1.54) is 0 Å². The number of hydrogen-bond donors (Lipinski definition) is 1. The van der Waals surface area contributed by atoms with E-state index in [-0.39, 0.29) is 5.91 Å².